The first-order chi connectivity index (χ1) is 18.2. The van der Waals surface area contributed by atoms with E-state index in [9.17, 15) is 4.79 Å². The molecule has 6 heteroatoms. The summed E-state index contributed by atoms with van der Waals surface area (Å²) in [6, 6.07) is 25.3. The van der Waals surface area contributed by atoms with E-state index in [1.54, 1.807) is 11.0 Å². The van der Waals surface area contributed by atoms with Crippen molar-refractivity contribution in [3.63, 3.8) is 0 Å². The predicted octanol–water partition coefficient (Wildman–Crippen LogP) is 5.34. The maximum absolute atomic E-state index is 14.1. The van der Waals surface area contributed by atoms with Crippen molar-refractivity contribution in [2.24, 2.45) is 4.99 Å². The molecule has 6 nitrogen and oxygen atoms in total. The van der Waals surface area contributed by atoms with Crippen molar-refractivity contribution in [2.75, 3.05) is 24.7 Å². The lowest BCUT2D eigenvalue weighted by atomic mass is 9.79. The molecular weight excluding hydrogens is 464 g/mol. The van der Waals surface area contributed by atoms with Crippen LogP contribution in [-0.4, -0.2) is 42.2 Å². The van der Waals surface area contributed by atoms with Crippen molar-refractivity contribution in [3.8, 4) is 5.75 Å². The molecule has 0 saturated carbocycles. The second-order valence-corrected chi connectivity index (χ2v) is 9.07. The van der Waals surface area contributed by atoms with E-state index in [-0.39, 0.29) is 12.5 Å². The van der Waals surface area contributed by atoms with Gasteiger partial charge in [-0.05, 0) is 35.9 Å². The number of ether oxygens (including phenoxy) is 2. The second-order valence-electron chi connectivity index (χ2n) is 9.07. The summed E-state index contributed by atoms with van der Waals surface area (Å²) in [6.07, 6.45) is 6.17. The lowest BCUT2D eigenvalue weighted by Crippen LogP contribution is -2.54. The van der Waals surface area contributed by atoms with Gasteiger partial charge in [0.1, 0.15) is 5.75 Å². The van der Waals surface area contributed by atoms with E-state index >= 15 is 0 Å². The number of anilines is 1. The standard InChI is InChI=1S/C31H30N2O4/c1-2-20-33-27-14-7-6-13-26(27)28-31(30(33)35,19-8-12-23-10-4-3-5-11-23)32-29(37-28)24-15-17-25(18-16-24)36-22-9-21-34/h2-8,10-18,28,34H,1,9,19-22H2/b12-8+/t28-,31-/m0/s1. The third kappa shape index (κ3) is 4.80. The van der Waals surface area contributed by atoms with Crippen molar-refractivity contribution < 1.29 is 19.4 Å². The number of carbonyl (C=O) groups is 1. The molecule has 5 rings (SSSR count). The van der Waals surface area contributed by atoms with E-state index in [4.69, 9.17) is 19.6 Å². The minimum Gasteiger partial charge on any atom is -0.494 e. The van der Waals surface area contributed by atoms with Crippen LogP contribution >= 0.6 is 0 Å². The van der Waals surface area contributed by atoms with Gasteiger partial charge in [0.25, 0.3) is 5.91 Å². The van der Waals surface area contributed by atoms with E-state index in [0.29, 0.717) is 37.6 Å². The Hall–Kier alpha value is -4.16. The first kappa shape index (κ1) is 24.5. The average molecular weight is 495 g/mol. The van der Waals surface area contributed by atoms with Crippen molar-refractivity contribution in [1.29, 1.82) is 0 Å². The van der Waals surface area contributed by atoms with E-state index < -0.39 is 11.6 Å². The Morgan fingerprint density at radius 3 is 2.57 bits per heavy atom. The molecule has 37 heavy (non-hydrogen) atoms. The number of aliphatic imine (C=N–C) groups is 1. The smallest absolute Gasteiger partial charge is 0.259 e. The Bertz CT molecular complexity index is 1320. The number of aliphatic hydroxyl groups excluding tert-OH is 1. The molecule has 0 aromatic heterocycles. The molecule has 188 valence electrons. The minimum absolute atomic E-state index is 0.0866. The van der Waals surface area contributed by atoms with Crippen molar-refractivity contribution in [2.45, 2.75) is 24.5 Å². The van der Waals surface area contributed by atoms with Gasteiger partial charge in [-0.1, -0.05) is 66.8 Å². The van der Waals surface area contributed by atoms with Crippen molar-refractivity contribution >= 4 is 23.6 Å². The molecule has 3 aromatic rings. The fourth-order valence-corrected chi connectivity index (χ4v) is 4.82. The molecule has 2 heterocycles. The monoisotopic (exact) mass is 494 g/mol. The zero-order valence-electron chi connectivity index (χ0n) is 20.6. The minimum atomic E-state index is -1.13. The van der Waals surface area contributed by atoms with Crippen LogP contribution in [0.3, 0.4) is 0 Å². The summed E-state index contributed by atoms with van der Waals surface area (Å²) in [5.74, 6) is 1.03. The number of fused-ring (bicyclic) bond motifs is 3. The van der Waals surface area contributed by atoms with Gasteiger partial charge in [0.15, 0.2) is 11.6 Å². The van der Waals surface area contributed by atoms with Gasteiger partial charge in [-0.3, -0.25) is 4.79 Å². The van der Waals surface area contributed by atoms with Crippen LogP contribution < -0.4 is 9.64 Å². The number of rotatable bonds is 10. The molecule has 0 spiro atoms. The molecule has 1 amide bonds. The van der Waals surface area contributed by atoms with E-state index in [1.807, 2.05) is 91.0 Å². The molecule has 0 aliphatic carbocycles. The Balaban J connectivity index is 1.53. The molecule has 0 radical (unpaired) electrons. The van der Waals surface area contributed by atoms with Gasteiger partial charge in [-0.25, -0.2) is 4.99 Å². The fourth-order valence-electron chi connectivity index (χ4n) is 4.82. The second kappa shape index (κ2) is 10.8. The summed E-state index contributed by atoms with van der Waals surface area (Å²) >= 11 is 0. The SMILES string of the molecule is C=CCN1C(=O)[C@@]2(C/C=C/c3ccccc3)N=C(c3ccc(OCCCO)cc3)O[C@H]2c2ccccc21. The van der Waals surface area contributed by atoms with Crippen LogP contribution in [0.1, 0.15) is 35.6 Å². The normalized spacial score (nSPS) is 20.2. The third-order valence-corrected chi connectivity index (χ3v) is 6.61. The van der Waals surface area contributed by atoms with Gasteiger partial charge in [0.2, 0.25) is 5.90 Å². The lowest BCUT2D eigenvalue weighted by molar-refractivity contribution is -0.126. The highest BCUT2D eigenvalue weighted by atomic mass is 16.5. The molecule has 0 fully saturated rings. The zero-order valence-corrected chi connectivity index (χ0v) is 20.6. The summed E-state index contributed by atoms with van der Waals surface area (Å²) in [6.45, 7) is 4.78. The quantitative estimate of drug-likeness (QED) is 0.305. The first-order valence-electron chi connectivity index (χ1n) is 12.5. The van der Waals surface area contributed by atoms with Crippen LogP contribution in [0.5, 0.6) is 5.75 Å². The molecular formula is C31H30N2O4. The molecule has 2 atom stereocenters. The topological polar surface area (TPSA) is 71.4 Å². The Morgan fingerprint density at radius 2 is 1.81 bits per heavy atom. The summed E-state index contributed by atoms with van der Waals surface area (Å²) in [7, 11) is 0. The number of para-hydroxylation sites is 1. The maximum atomic E-state index is 14.1. The summed E-state index contributed by atoms with van der Waals surface area (Å²) in [5, 5.41) is 8.97. The number of aliphatic hydroxyl groups is 1. The van der Waals surface area contributed by atoms with Crippen LogP contribution in [0, 0.1) is 0 Å². The predicted molar refractivity (Wildman–Crippen MR) is 146 cm³/mol. The van der Waals surface area contributed by atoms with E-state index in [0.717, 1.165) is 22.4 Å². The molecule has 0 bridgehead atoms. The van der Waals surface area contributed by atoms with Crippen molar-refractivity contribution in [3.05, 3.63) is 114 Å². The van der Waals surface area contributed by atoms with Gasteiger partial charge < -0.3 is 19.5 Å². The summed E-state index contributed by atoms with van der Waals surface area (Å²) < 4.78 is 12.1. The van der Waals surface area contributed by atoms with Gasteiger partial charge in [-0.15, -0.1) is 6.58 Å². The van der Waals surface area contributed by atoms with Gasteiger partial charge in [0.05, 0.1) is 12.3 Å². The number of hydrogen-bond acceptors (Lipinski definition) is 5. The van der Waals surface area contributed by atoms with Gasteiger partial charge in [-0.2, -0.15) is 0 Å². The maximum Gasteiger partial charge on any atom is 0.259 e. The van der Waals surface area contributed by atoms with Crippen LogP contribution in [0.25, 0.3) is 6.08 Å². The first-order valence-corrected chi connectivity index (χ1v) is 12.5. The van der Waals surface area contributed by atoms with Gasteiger partial charge in [0, 0.05) is 37.1 Å². The molecule has 2 aliphatic rings. The zero-order chi connectivity index (χ0) is 25.7. The molecule has 2 aliphatic heterocycles. The van der Waals surface area contributed by atoms with E-state index in [1.165, 1.54) is 0 Å². The lowest BCUT2D eigenvalue weighted by Gasteiger charge is -2.41. The summed E-state index contributed by atoms with van der Waals surface area (Å²) in [5.41, 5.74) is 2.45. The number of carbonyl (C=O) groups excluding carboxylic acids is 1. The van der Waals surface area contributed by atoms with Crippen LogP contribution in [0.15, 0.2) is 103 Å². The van der Waals surface area contributed by atoms with Crippen LogP contribution in [0.4, 0.5) is 5.69 Å². The van der Waals surface area contributed by atoms with Crippen molar-refractivity contribution in [1.82, 2.24) is 0 Å². The van der Waals surface area contributed by atoms with Crippen LogP contribution in [0.2, 0.25) is 0 Å². The third-order valence-electron chi connectivity index (χ3n) is 6.61. The molecule has 1 N–H and O–H groups in total. The molecule has 3 aromatic carbocycles. The highest BCUT2D eigenvalue weighted by Crippen LogP contribution is 2.50. The van der Waals surface area contributed by atoms with Gasteiger partial charge >= 0.3 is 0 Å². The van der Waals surface area contributed by atoms with E-state index in [2.05, 4.69) is 6.58 Å². The Kier molecular flexibility index (Phi) is 7.19. The Labute approximate surface area is 217 Å². The highest BCUT2D eigenvalue weighted by Gasteiger charge is 2.57. The Morgan fingerprint density at radius 1 is 1.05 bits per heavy atom. The fraction of sp³-hybridized carbons (Fsp3) is 0.226. The largest absolute Gasteiger partial charge is 0.494 e. The number of amides is 1. The average Bonchev–Trinajstić information content (AvgIpc) is 3.33. The van der Waals surface area contributed by atoms with Crippen LogP contribution in [-0.2, 0) is 9.53 Å². The summed E-state index contributed by atoms with van der Waals surface area (Å²) in [4.78, 5) is 20.9. The number of benzene rings is 3. The number of hydrogen-bond donors (Lipinski definition) is 1. The highest BCUT2D eigenvalue weighted by molar-refractivity contribution is 6.09. The molecule has 0 saturated heterocycles. The number of nitrogens with zero attached hydrogens (tertiary/aromatic N) is 2. The molecule has 0 unspecified atom stereocenters.